The first kappa shape index (κ1) is 42.9. The SMILES string of the molecule is [2H]c1c([2H])c([2H])c(-c2cnc(-n3c4[c-]c(Oc5[c-]c(-n6[c-][n+](-c7c(-c8cc(C(C)(C)C)cc(C(C)(C)C)c8)cccc7[Si](c7c([2H])c([2H])c([2H])c([2H])c7[2H])(c7c([2H])c([2H])c([2H])c([2H])c7[2H])c7c([2H])c([2H])c([2H])c([2H])c7[2H])c7ccc(-c8cc(C(C)(C)C)cc(C(C)(C)C)c8)cc76)ccc5)ccc4c4ccccc43)cc2C([2H])([2H])[2H])c([2H])c1[2H].[Pt]. The van der Waals surface area contributed by atoms with Crippen molar-refractivity contribution in [3.8, 4) is 62.1 Å². The zero-order chi connectivity index (χ0) is 86.1. The molecule has 0 fully saturated rings. The van der Waals surface area contributed by atoms with Crippen LogP contribution in [0.4, 0.5) is 0 Å². The summed E-state index contributed by atoms with van der Waals surface area (Å²) >= 11 is 0. The monoisotopic (exact) mass is 1470 g/mol. The largest absolute Gasteiger partial charge is 0.510 e. The molecule has 0 aliphatic carbocycles. The first-order valence-corrected chi connectivity index (χ1v) is 33.4. The van der Waals surface area contributed by atoms with Crippen molar-refractivity contribution in [1.29, 1.82) is 0 Å². The zero-order valence-corrected chi connectivity index (χ0v) is 58.6. The first-order valence-electron chi connectivity index (χ1n) is 42.9. The molecule has 14 aromatic rings. The van der Waals surface area contributed by atoms with Gasteiger partial charge in [-0.05, 0) is 134 Å². The van der Waals surface area contributed by atoms with Gasteiger partial charge in [-0.2, -0.15) is 18.2 Å². The summed E-state index contributed by atoms with van der Waals surface area (Å²) in [6.45, 7) is 22.2. The van der Waals surface area contributed by atoms with Crippen LogP contribution in [0.15, 0.2) is 261 Å². The minimum absolute atomic E-state index is 0. The number of para-hydroxylation sites is 2. The van der Waals surface area contributed by atoms with Crippen LogP contribution in [0.25, 0.3) is 83.4 Å². The first-order chi connectivity index (χ1) is 55.0. The predicted molar refractivity (Wildman–Crippen MR) is 399 cm³/mol. The Hall–Kier alpha value is -9.45. The Labute approximate surface area is 615 Å². The zero-order valence-electron chi connectivity index (χ0n) is 78.3. The van der Waals surface area contributed by atoms with Crippen molar-refractivity contribution in [2.24, 2.45) is 0 Å². The molecule has 0 saturated carbocycles. The molecule has 0 spiro atoms. The number of aromatic nitrogens is 4. The van der Waals surface area contributed by atoms with Gasteiger partial charge in [0.25, 0.3) is 6.33 Å². The molecule has 5 nitrogen and oxygen atoms in total. The van der Waals surface area contributed by atoms with Crippen molar-refractivity contribution < 1.29 is 61.9 Å². The quantitative estimate of drug-likeness (QED) is 0.0529. The number of pyridine rings is 1. The van der Waals surface area contributed by atoms with Crippen molar-refractivity contribution in [2.75, 3.05) is 0 Å². The number of hydrogen-bond donors (Lipinski definition) is 0. The van der Waals surface area contributed by atoms with Gasteiger partial charge in [-0.15, -0.1) is 29.7 Å². The number of aryl methyl sites for hydroxylation is 1. The Kier molecular flexibility index (Phi) is 11.3. The summed E-state index contributed by atoms with van der Waals surface area (Å²) in [5.41, 5.74) is 5.64. The maximum Gasteiger partial charge on any atom is 0.268 e. The molecule has 3 aromatic heterocycles. The summed E-state index contributed by atoms with van der Waals surface area (Å²) in [6.07, 6.45) is 4.89. The molecule has 0 radical (unpaired) electrons. The minimum Gasteiger partial charge on any atom is -0.510 e. The molecule has 0 bridgehead atoms. The predicted octanol–water partition coefficient (Wildman–Crippen LogP) is 19.5. The van der Waals surface area contributed by atoms with Crippen LogP contribution in [-0.2, 0) is 42.7 Å². The van der Waals surface area contributed by atoms with Gasteiger partial charge in [0.2, 0.25) is 0 Å². The van der Waals surface area contributed by atoms with Crippen molar-refractivity contribution >= 4 is 61.7 Å². The number of hydrogen-bond acceptors (Lipinski definition) is 2. The third-order valence-electron chi connectivity index (χ3n) is 17.6. The summed E-state index contributed by atoms with van der Waals surface area (Å²) in [5, 5.41) is -0.802. The third kappa shape index (κ3) is 12.1. The molecule has 96 heavy (non-hydrogen) atoms. The van der Waals surface area contributed by atoms with E-state index in [-0.39, 0.29) is 82.5 Å². The van der Waals surface area contributed by atoms with E-state index in [0.717, 1.165) is 38.8 Å². The molecular weight excluding hydrogens is 1360 g/mol. The number of benzene rings is 11. The van der Waals surface area contributed by atoms with E-state index in [0.29, 0.717) is 38.6 Å². The fourth-order valence-corrected chi connectivity index (χ4v) is 16.4. The molecule has 0 aliphatic rings. The number of ether oxygens (including phenoxy) is 1. The van der Waals surface area contributed by atoms with E-state index in [9.17, 15) is 16.4 Å². The molecule has 0 atom stereocenters. The second kappa shape index (κ2) is 25.3. The smallest absolute Gasteiger partial charge is 0.268 e. The van der Waals surface area contributed by atoms with Crippen molar-refractivity contribution in [3.63, 3.8) is 0 Å². The van der Waals surface area contributed by atoms with Crippen LogP contribution in [0.3, 0.4) is 0 Å². The summed E-state index contributed by atoms with van der Waals surface area (Å²) in [7, 11) is -5.97. The van der Waals surface area contributed by atoms with E-state index in [4.69, 9.17) is 24.8 Å². The second-order valence-electron chi connectivity index (χ2n) is 28.1. The molecule has 480 valence electrons. The Balaban J connectivity index is 0.0000123. The van der Waals surface area contributed by atoms with Gasteiger partial charge in [0.15, 0.2) is 8.07 Å². The van der Waals surface area contributed by atoms with Gasteiger partial charge in [0.1, 0.15) is 5.82 Å². The van der Waals surface area contributed by atoms with Gasteiger partial charge in [0, 0.05) is 54.0 Å². The van der Waals surface area contributed by atoms with Gasteiger partial charge in [-0.25, -0.2) is 4.98 Å². The van der Waals surface area contributed by atoms with Crippen LogP contribution >= 0.6 is 0 Å². The Morgan fingerprint density at radius 2 is 1.01 bits per heavy atom. The second-order valence-corrected chi connectivity index (χ2v) is 31.6. The molecule has 0 unspecified atom stereocenters. The molecule has 0 N–H and O–H groups in total. The summed E-state index contributed by atoms with van der Waals surface area (Å²) in [5.74, 6) is 0.356. The maximum atomic E-state index is 10.2. The van der Waals surface area contributed by atoms with E-state index < -0.39 is 162 Å². The van der Waals surface area contributed by atoms with Crippen LogP contribution in [0.1, 0.15) is 142 Å². The summed E-state index contributed by atoms with van der Waals surface area (Å²) in [6, 6.07) is 30.6. The Morgan fingerprint density at radius 1 is 0.469 bits per heavy atom. The normalized spacial score (nSPS) is 15.9. The van der Waals surface area contributed by atoms with Gasteiger partial charge >= 0.3 is 0 Å². The molecule has 11 aromatic carbocycles. The van der Waals surface area contributed by atoms with Crippen molar-refractivity contribution in [1.82, 2.24) is 14.1 Å². The topological polar surface area (TPSA) is 35.9 Å². The fourth-order valence-electron chi connectivity index (χ4n) is 12.4. The van der Waals surface area contributed by atoms with Crippen molar-refractivity contribution in [3.05, 3.63) is 307 Å². The van der Waals surface area contributed by atoms with Crippen LogP contribution in [0, 0.1) is 25.3 Å². The maximum absolute atomic E-state index is 10.2. The molecule has 14 rings (SSSR count). The van der Waals surface area contributed by atoms with Gasteiger partial charge in [-0.1, -0.05) is 294 Å². The van der Waals surface area contributed by atoms with Gasteiger partial charge < -0.3 is 13.9 Å². The van der Waals surface area contributed by atoms with E-state index >= 15 is 0 Å². The summed E-state index contributed by atoms with van der Waals surface area (Å²) in [4.78, 5) is 4.75. The fraction of sp³-hybridized carbons (Fsp3) is 0.191. The van der Waals surface area contributed by atoms with E-state index in [2.05, 4.69) is 126 Å². The molecule has 3 heterocycles. The molecular formula is C89H82N4OPtSi-2. The molecule has 0 saturated heterocycles. The number of fused-ring (bicyclic) bond motifs is 4. The van der Waals surface area contributed by atoms with Crippen LogP contribution in [-0.4, -0.2) is 22.2 Å². The number of rotatable bonds is 12. The van der Waals surface area contributed by atoms with Crippen LogP contribution in [0.5, 0.6) is 11.5 Å². The van der Waals surface area contributed by atoms with Gasteiger partial charge in [0.05, 0.1) is 44.1 Å². The number of nitrogens with zero attached hydrogens (tertiary/aromatic N) is 4. The number of imidazole rings is 1. The average Bonchev–Trinajstić information content (AvgIpc) is 0.832. The van der Waals surface area contributed by atoms with Crippen molar-refractivity contribution in [2.45, 2.75) is 112 Å². The standard InChI is InChI=1S/C89H82N4OSi.Pt/c1-60-48-84(90-58-78(60)61-30-18-14-19-31-61)93-79-42-27-26-40-76(79)77-46-45-71(57-81(77)93)94-70-33-28-32-69(56-70)91-59-92(80-47-44-62(53-82(80)91)63-49-65(86(2,3)4)54-66(50-63)87(5,6)7)85-75(64-51-67(88(8,9)10)55-68(52-64)89(11,12)13)41-29-43-83(85)95(72-34-20-15-21-35-72,73-36-22-16-23-37-73)74-38-24-17-25-39-74;/h14-55,58H,1-13H3;/q-2;/i1D3,14D,15D,16D,17D,18D,19D,20D,21D,22D,23D,24D,25D,30D,31D,34D,35D,36D,37D,38D,39D;. The summed E-state index contributed by atoms with van der Waals surface area (Å²) < 4.78 is 227. The molecule has 0 aliphatic heterocycles. The Bertz CT molecular complexity index is 6250. The van der Waals surface area contributed by atoms with Gasteiger partial charge in [-0.3, -0.25) is 4.57 Å². The van der Waals surface area contributed by atoms with E-state index in [1.807, 2.05) is 54.6 Å². The Morgan fingerprint density at radius 3 is 1.58 bits per heavy atom. The molecule has 0 amide bonds. The van der Waals surface area contributed by atoms with Crippen LogP contribution in [0.2, 0.25) is 0 Å². The van der Waals surface area contributed by atoms with E-state index in [1.165, 1.54) is 18.3 Å². The minimum atomic E-state index is -5.97. The van der Waals surface area contributed by atoms with Crippen LogP contribution < -0.4 is 30.1 Å². The average molecular weight is 1470 g/mol. The molecule has 7 heteroatoms. The van der Waals surface area contributed by atoms with E-state index in [1.54, 1.807) is 56.2 Å². The third-order valence-corrected chi connectivity index (χ3v) is 21.8.